The first kappa shape index (κ1) is 14.7. The van der Waals surface area contributed by atoms with E-state index in [-0.39, 0.29) is 16.5 Å². The molecule has 0 amide bonds. The Labute approximate surface area is 119 Å². The van der Waals surface area contributed by atoms with Crippen LogP contribution in [0.5, 0.6) is 0 Å². The predicted octanol–water partition coefficient (Wildman–Crippen LogP) is 3.40. The van der Waals surface area contributed by atoms with Gasteiger partial charge < -0.3 is 5.32 Å². The summed E-state index contributed by atoms with van der Waals surface area (Å²) in [4.78, 5) is 18.1. The van der Waals surface area contributed by atoms with Gasteiger partial charge in [0.1, 0.15) is 12.4 Å². The Morgan fingerprint density at radius 1 is 1.20 bits per heavy atom. The maximum absolute atomic E-state index is 10.6. The maximum atomic E-state index is 10.6. The van der Waals surface area contributed by atoms with Crippen molar-refractivity contribution in [1.29, 1.82) is 0 Å². The van der Waals surface area contributed by atoms with E-state index >= 15 is 0 Å². The zero-order chi connectivity index (χ0) is 15.0. The van der Waals surface area contributed by atoms with Crippen LogP contribution in [0.4, 0.5) is 11.6 Å². The molecule has 0 unspecified atom stereocenters. The van der Waals surface area contributed by atoms with Gasteiger partial charge in [0.05, 0.1) is 4.92 Å². The van der Waals surface area contributed by atoms with E-state index < -0.39 is 4.92 Å². The molecule has 0 atom stereocenters. The third-order valence-corrected chi connectivity index (χ3v) is 3.74. The maximum Gasteiger partial charge on any atom is 0.305 e. The average molecular weight is 278 g/mol. The molecule has 1 fully saturated rings. The first-order valence-corrected chi connectivity index (χ1v) is 6.90. The van der Waals surface area contributed by atoms with Crippen LogP contribution in [0.15, 0.2) is 12.4 Å². The molecule has 0 aromatic carbocycles. The summed E-state index contributed by atoms with van der Waals surface area (Å²) in [6.07, 6.45) is 5.79. The number of nitrogens with zero attached hydrogens (tertiary/aromatic N) is 3. The van der Waals surface area contributed by atoms with E-state index in [9.17, 15) is 10.1 Å². The highest BCUT2D eigenvalue weighted by Gasteiger charge is 2.38. The van der Waals surface area contributed by atoms with Gasteiger partial charge in [-0.25, -0.2) is 9.97 Å². The summed E-state index contributed by atoms with van der Waals surface area (Å²) in [7, 11) is 0. The quantitative estimate of drug-likeness (QED) is 0.677. The van der Waals surface area contributed by atoms with Crippen molar-refractivity contribution in [2.45, 2.75) is 53.0 Å². The van der Waals surface area contributed by atoms with Crippen molar-refractivity contribution in [3.63, 3.8) is 0 Å². The van der Waals surface area contributed by atoms with E-state index in [1.54, 1.807) is 0 Å². The number of hydrogen-bond acceptors (Lipinski definition) is 5. The molecule has 0 radical (unpaired) electrons. The Balaban J connectivity index is 2.07. The Morgan fingerprint density at radius 3 is 2.15 bits per heavy atom. The molecule has 1 heterocycles. The number of aromatic nitrogens is 2. The fourth-order valence-electron chi connectivity index (χ4n) is 3.62. The molecule has 2 rings (SSSR count). The van der Waals surface area contributed by atoms with E-state index in [1.165, 1.54) is 18.8 Å². The number of hydrogen-bond donors (Lipinski definition) is 1. The second-order valence-corrected chi connectivity index (χ2v) is 7.28. The van der Waals surface area contributed by atoms with Gasteiger partial charge in [-0.15, -0.1) is 0 Å². The van der Waals surface area contributed by atoms with Crippen LogP contribution >= 0.6 is 0 Å². The van der Waals surface area contributed by atoms with Gasteiger partial charge in [0.2, 0.25) is 5.95 Å². The molecule has 6 nitrogen and oxygen atoms in total. The van der Waals surface area contributed by atoms with Crippen LogP contribution in [0.1, 0.15) is 47.0 Å². The third-order valence-electron chi connectivity index (χ3n) is 3.74. The molecule has 0 saturated heterocycles. The zero-order valence-corrected chi connectivity index (χ0v) is 12.5. The first-order valence-electron chi connectivity index (χ1n) is 6.90. The molecule has 1 aliphatic carbocycles. The van der Waals surface area contributed by atoms with Crippen molar-refractivity contribution in [3.8, 4) is 0 Å². The number of nitro groups is 1. The van der Waals surface area contributed by atoms with E-state index in [1.807, 2.05) is 0 Å². The van der Waals surface area contributed by atoms with Crippen molar-refractivity contribution >= 4 is 11.6 Å². The molecule has 0 bridgehead atoms. The lowest BCUT2D eigenvalue weighted by molar-refractivity contribution is -0.385. The average Bonchev–Trinajstić information content (AvgIpc) is 2.25. The number of rotatable bonds is 3. The van der Waals surface area contributed by atoms with Gasteiger partial charge in [-0.2, -0.15) is 0 Å². The largest absolute Gasteiger partial charge is 0.351 e. The van der Waals surface area contributed by atoms with Gasteiger partial charge in [-0.3, -0.25) is 10.1 Å². The molecule has 1 aliphatic rings. The molecular weight excluding hydrogens is 256 g/mol. The lowest BCUT2D eigenvalue weighted by Gasteiger charge is -2.45. The molecule has 1 aromatic rings. The minimum absolute atomic E-state index is 0.0835. The van der Waals surface area contributed by atoms with Crippen LogP contribution in [-0.4, -0.2) is 20.9 Å². The Hall–Kier alpha value is -1.72. The van der Waals surface area contributed by atoms with Crippen LogP contribution < -0.4 is 5.32 Å². The van der Waals surface area contributed by atoms with Gasteiger partial charge in [-0.1, -0.05) is 27.7 Å². The molecular formula is C14H22N4O2. The highest BCUT2D eigenvalue weighted by atomic mass is 16.6. The number of anilines is 1. The number of nitrogens with one attached hydrogen (secondary N) is 1. The summed E-state index contributed by atoms with van der Waals surface area (Å²) in [5.41, 5.74) is 0.472. The SMILES string of the molecule is CC1(C)CC(Nc2ncc([N+](=O)[O-])cn2)CC(C)(C)C1. The molecule has 110 valence electrons. The normalized spacial score (nSPS) is 21.4. The highest BCUT2D eigenvalue weighted by Crippen LogP contribution is 2.46. The van der Waals surface area contributed by atoms with Gasteiger partial charge in [0, 0.05) is 6.04 Å². The van der Waals surface area contributed by atoms with Crippen LogP contribution in [0, 0.1) is 20.9 Å². The highest BCUT2D eigenvalue weighted by molar-refractivity contribution is 5.32. The molecule has 1 saturated carbocycles. The first-order chi connectivity index (χ1) is 9.17. The summed E-state index contributed by atoms with van der Waals surface area (Å²) in [5.74, 6) is 0.467. The Bertz CT molecular complexity index is 480. The van der Waals surface area contributed by atoms with Crippen LogP contribution in [0.25, 0.3) is 0 Å². The molecule has 6 heteroatoms. The summed E-state index contributed by atoms with van der Waals surface area (Å²) in [5, 5.41) is 13.9. The minimum atomic E-state index is -0.489. The fourth-order valence-corrected chi connectivity index (χ4v) is 3.62. The lowest BCUT2D eigenvalue weighted by Crippen LogP contribution is -2.40. The van der Waals surface area contributed by atoms with Gasteiger partial charge in [-0.05, 0) is 30.1 Å². The van der Waals surface area contributed by atoms with E-state index in [2.05, 4.69) is 43.0 Å². The molecule has 0 aliphatic heterocycles. The van der Waals surface area contributed by atoms with Crippen molar-refractivity contribution in [2.24, 2.45) is 10.8 Å². The summed E-state index contributed by atoms with van der Waals surface area (Å²) in [6.45, 7) is 9.11. The van der Waals surface area contributed by atoms with Gasteiger partial charge in [0.15, 0.2) is 0 Å². The molecule has 20 heavy (non-hydrogen) atoms. The minimum Gasteiger partial charge on any atom is -0.351 e. The molecule has 1 aromatic heterocycles. The topological polar surface area (TPSA) is 81.0 Å². The third kappa shape index (κ3) is 3.65. The summed E-state index contributed by atoms with van der Waals surface area (Å²) in [6, 6.07) is 0.301. The zero-order valence-electron chi connectivity index (χ0n) is 12.5. The monoisotopic (exact) mass is 278 g/mol. The van der Waals surface area contributed by atoms with Crippen LogP contribution in [0.3, 0.4) is 0 Å². The second kappa shape index (κ2) is 5.00. The van der Waals surface area contributed by atoms with Crippen molar-refractivity contribution in [3.05, 3.63) is 22.5 Å². The lowest BCUT2D eigenvalue weighted by atomic mass is 9.63. The molecule has 1 N–H and O–H groups in total. The van der Waals surface area contributed by atoms with Crippen molar-refractivity contribution < 1.29 is 4.92 Å². The van der Waals surface area contributed by atoms with Gasteiger partial charge in [0.25, 0.3) is 0 Å². The van der Waals surface area contributed by atoms with E-state index in [0.717, 1.165) is 12.8 Å². The molecule has 0 spiro atoms. The van der Waals surface area contributed by atoms with Crippen molar-refractivity contribution in [2.75, 3.05) is 5.32 Å². The standard InChI is InChI=1S/C14H22N4O2/c1-13(2)5-10(6-14(3,4)9-13)17-12-15-7-11(8-16-12)18(19)20/h7-8,10H,5-6,9H2,1-4H3,(H,15,16,17). The van der Waals surface area contributed by atoms with Crippen LogP contribution in [0.2, 0.25) is 0 Å². The Kier molecular flexibility index (Phi) is 3.67. The Morgan fingerprint density at radius 2 is 1.70 bits per heavy atom. The van der Waals surface area contributed by atoms with Gasteiger partial charge >= 0.3 is 5.69 Å². The summed E-state index contributed by atoms with van der Waals surface area (Å²) < 4.78 is 0. The van der Waals surface area contributed by atoms with Crippen LogP contribution in [-0.2, 0) is 0 Å². The second-order valence-electron chi connectivity index (χ2n) is 7.28. The van der Waals surface area contributed by atoms with E-state index in [4.69, 9.17) is 0 Å². The fraction of sp³-hybridized carbons (Fsp3) is 0.714. The summed E-state index contributed by atoms with van der Waals surface area (Å²) >= 11 is 0. The predicted molar refractivity (Wildman–Crippen MR) is 77.5 cm³/mol. The smallest absolute Gasteiger partial charge is 0.305 e. The van der Waals surface area contributed by atoms with Crippen molar-refractivity contribution in [1.82, 2.24) is 9.97 Å². The van der Waals surface area contributed by atoms with E-state index in [0.29, 0.717) is 12.0 Å².